The number of carbonyl (C=O) groups excluding carboxylic acids is 1. The summed E-state index contributed by atoms with van der Waals surface area (Å²) in [5.74, 6) is 0.514. The van der Waals surface area contributed by atoms with E-state index in [1.165, 1.54) is 0 Å². The van der Waals surface area contributed by atoms with Crippen molar-refractivity contribution in [2.24, 2.45) is 7.05 Å². The number of rotatable bonds is 6. The highest BCUT2D eigenvalue weighted by Crippen LogP contribution is 2.22. The van der Waals surface area contributed by atoms with Gasteiger partial charge in [0.05, 0.1) is 18.5 Å². The molecule has 1 rings (SSSR count). The normalized spacial score (nSPS) is 12.5. The number of hydrogen-bond donors (Lipinski definition) is 0. The maximum atomic E-state index is 11.7. The second kappa shape index (κ2) is 6.69. The van der Waals surface area contributed by atoms with Gasteiger partial charge in [0.1, 0.15) is 5.56 Å². The lowest BCUT2D eigenvalue weighted by Crippen LogP contribution is -2.09. The number of aryl methyl sites for hydroxylation is 1. The summed E-state index contributed by atoms with van der Waals surface area (Å²) < 4.78 is 6.77. The molecule has 0 bridgehead atoms. The Morgan fingerprint density at radius 1 is 1.59 bits per heavy atom. The SMILES string of the molecule is CCOC(=O)c1cnn(C)c1CSC(C)CC. The van der Waals surface area contributed by atoms with E-state index in [2.05, 4.69) is 18.9 Å². The molecule has 96 valence electrons. The number of esters is 1. The zero-order valence-electron chi connectivity index (χ0n) is 10.9. The molecule has 0 N–H and O–H groups in total. The third-order valence-corrected chi connectivity index (χ3v) is 3.98. The number of ether oxygens (including phenoxy) is 1. The van der Waals surface area contributed by atoms with Gasteiger partial charge in [0.2, 0.25) is 0 Å². The highest BCUT2D eigenvalue weighted by Gasteiger charge is 2.17. The monoisotopic (exact) mass is 256 g/mol. The molecule has 1 aromatic heterocycles. The molecule has 0 aliphatic heterocycles. The van der Waals surface area contributed by atoms with Crippen LogP contribution >= 0.6 is 11.8 Å². The number of thioether (sulfide) groups is 1. The van der Waals surface area contributed by atoms with Crippen molar-refractivity contribution in [2.75, 3.05) is 6.61 Å². The first-order valence-corrected chi connectivity index (χ1v) is 6.94. The lowest BCUT2D eigenvalue weighted by molar-refractivity contribution is 0.0525. The molecule has 0 spiro atoms. The van der Waals surface area contributed by atoms with E-state index in [9.17, 15) is 4.79 Å². The lowest BCUT2D eigenvalue weighted by atomic mass is 10.3. The Kier molecular flexibility index (Phi) is 5.55. The van der Waals surface area contributed by atoms with E-state index in [0.717, 1.165) is 17.9 Å². The molecule has 0 saturated carbocycles. The summed E-state index contributed by atoms with van der Waals surface area (Å²) >= 11 is 1.83. The zero-order valence-corrected chi connectivity index (χ0v) is 11.7. The van der Waals surface area contributed by atoms with Crippen molar-refractivity contribution in [3.05, 3.63) is 17.5 Å². The van der Waals surface area contributed by atoms with Crippen molar-refractivity contribution in [1.82, 2.24) is 9.78 Å². The van der Waals surface area contributed by atoms with Gasteiger partial charge in [0, 0.05) is 18.1 Å². The standard InChI is InChI=1S/C12H20N2O2S/c1-5-9(3)17-8-11-10(7-13-14(11)4)12(15)16-6-2/h7,9H,5-6,8H2,1-4H3. The van der Waals surface area contributed by atoms with E-state index in [1.807, 2.05) is 25.7 Å². The van der Waals surface area contributed by atoms with E-state index in [1.54, 1.807) is 10.9 Å². The third-order valence-electron chi connectivity index (χ3n) is 2.64. The van der Waals surface area contributed by atoms with Gasteiger partial charge in [-0.25, -0.2) is 4.79 Å². The van der Waals surface area contributed by atoms with E-state index in [4.69, 9.17) is 4.74 Å². The smallest absolute Gasteiger partial charge is 0.341 e. The van der Waals surface area contributed by atoms with Crippen LogP contribution in [0.4, 0.5) is 0 Å². The van der Waals surface area contributed by atoms with Crippen LogP contribution in [0.5, 0.6) is 0 Å². The van der Waals surface area contributed by atoms with Crippen molar-refractivity contribution in [3.8, 4) is 0 Å². The molecule has 1 unspecified atom stereocenters. The summed E-state index contributed by atoms with van der Waals surface area (Å²) in [5.41, 5.74) is 1.53. The summed E-state index contributed by atoms with van der Waals surface area (Å²) in [4.78, 5) is 11.7. The first kappa shape index (κ1) is 14.1. The highest BCUT2D eigenvalue weighted by atomic mass is 32.2. The summed E-state index contributed by atoms with van der Waals surface area (Å²) in [5, 5.41) is 4.71. The summed E-state index contributed by atoms with van der Waals surface area (Å²) in [6, 6.07) is 0. The van der Waals surface area contributed by atoms with Gasteiger partial charge in [-0.05, 0) is 13.3 Å². The minimum atomic E-state index is -0.277. The largest absolute Gasteiger partial charge is 0.462 e. The van der Waals surface area contributed by atoms with Gasteiger partial charge in [-0.3, -0.25) is 4.68 Å². The first-order chi connectivity index (χ1) is 8.10. The predicted molar refractivity (Wildman–Crippen MR) is 70.2 cm³/mol. The maximum Gasteiger partial charge on any atom is 0.341 e. The van der Waals surface area contributed by atoms with Crippen LogP contribution in [0.2, 0.25) is 0 Å². The second-order valence-electron chi connectivity index (χ2n) is 3.88. The molecule has 0 aliphatic rings. The molecule has 5 heteroatoms. The van der Waals surface area contributed by atoms with Crippen LogP contribution in [0.15, 0.2) is 6.20 Å². The summed E-state index contributed by atoms with van der Waals surface area (Å²) in [6.07, 6.45) is 2.71. The van der Waals surface area contributed by atoms with Gasteiger partial charge in [-0.2, -0.15) is 16.9 Å². The van der Waals surface area contributed by atoms with Gasteiger partial charge in [0.25, 0.3) is 0 Å². The Balaban J connectivity index is 2.76. The molecule has 0 radical (unpaired) electrons. The van der Waals surface area contributed by atoms with Crippen molar-refractivity contribution in [2.45, 2.75) is 38.2 Å². The van der Waals surface area contributed by atoms with Gasteiger partial charge < -0.3 is 4.74 Å². The van der Waals surface area contributed by atoms with Gasteiger partial charge >= 0.3 is 5.97 Å². The van der Waals surface area contributed by atoms with Crippen molar-refractivity contribution in [1.29, 1.82) is 0 Å². The Bertz CT molecular complexity index is 377. The molecule has 17 heavy (non-hydrogen) atoms. The van der Waals surface area contributed by atoms with Crippen LogP contribution < -0.4 is 0 Å². The number of aromatic nitrogens is 2. The average Bonchev–Trinajstić information content (AvgIpc) is 2.68. The Labute approximate surface area is 107 Å². The molecule has 1 heterocycles. The van der Waals surface area contributed by atoms with Crippen molar-refractivity contribution < 1.29 is 9.53 Å². The van der Waals surface area contributed by atoms with Crippen LogP contribution in [0.25, 0.3) is 0 Å². The van der Waals surface area contributed by atoms with Crippen molar-refractivity contribution in [3.63, 3.8) is 0 Å². The first-order valence-electron chi connectivity index (χ1n) is 5.89. The Hall–Kier alpha value is -0.970. The van der Waals surface area contributed by atoms with E-state index in [0.29, 0.717) is 17.4 Å². The third kappa shape index (κ3) is 3.77. The maximum absolute atomic E-state index is 11.7. The highest BCUT2D eigenvalue weighted by molar-refractivity contribution is 7.99. The van der Waals surface area contributed by atoms with Crippen LogP contribution in [0.1, 0.15) is 43.2 Å². The fourth-order valence-electron chi connectivity index (χ4n) is 1.35. The summed E-state index contributed by atoms with van der Waals surface area (Å²) in [6.45, 7) is 6.55. The van der Waals surface area contributed by atoms with Crippen LogP contribution in [-0.2, 0) is 17.5 Å². The quantitative estimate of drug-likeness (QED) is 0.734. The molecule has 0 aliphatic carbocycles. The average molecular weight is 256 g/mol. The van der Waals surface area contributed by atoms with Crippen molar-refractivity contribution >= 4 is 17.7 Å². The lowest BCUT2D eigenvalue weighted by Gasteiger charge is -2.09. The van der Waals surface area contributed by atoms with Gasteiger partial charge in [-0.1, -0.05) is 13.8 Å². The molecular weight excluding hydrogens is 236 g/mol. The van der Waals surface area contributed by atoms with Crippen LogP contribution in [0, 0.1) is 0 Å². The van der Waals surface area contributed by atoms with Gasteiger partial charge in [-0.15, -0.1) is 0 Å². The minimum Gasteiger partial charge on any atom is -0.462 e. The second-order valence-corrected chi connectivity index (χ2v) is 5.31. The molecule has 1 atom stereocenters. The molecule has 1 aromatic rings. The van der Waals surface area contributed by atoms with Crippen LogP contribution in [-0.4, -0.2) is 27.6 Å². The molecular formula is C12H20N2O2S. The Morgan fingerprint density at radius 2 is 2.29 bits per heavy atom. The predicted octanol–water partition coefficient (Wildman–Crippen LogP) is 2.63. The van der Waals surface area contributed by atoms with Gasteiger partial charge in [0.15, 0.2) is 0 Å². The van der Waals surface area contributed by atoms with E-state index in [-0.39, 0.29) is 5.97 Å². The molecule has 0 saturated heterocycles. The van der Waals surface area contributed by atoms with E-state index >= 15 is 0 Å². The van der Waals surface area contributed by atoms with E-state index < -0.39 is 0 Å². The fraction of sp³-hybridized carbons (Fsp3) is 0.667. The molecule has 0 fully saturated rings. The zero-order chi connectivity index (χ0) is 12.8. The van der Waals surface area contributed by atoms with Crippen LogP contribution in [0.3, 0.4) is 0 Å². The number of carbonyl (C=O) groups is 1. The fourth-order valence-corrected chi connectivity index (χ4v) is 2.37. The molecule has 0 aromatic carbocycles. The Morgan fingerprint density at radius 3 is 2.88 bits per heavy atom. The number of hydrogen-bond acceptors (Lipinski definition) is 4. The number of nitrogens with zero attached hydrogens (tertiary/aromatic N) is 2. The molecule has 4 nitrogen and oxygen atoms in total. The topological polar surface area (TPSA) is 44.1 Å². The minimum absolute atomic E-state index is 0.277. The summed E-state index contributed by atoms with van der Waals surface area (Å²) in [7, 11) is 1.86. The molecule has 0 amide bonds.